The molecule has 0 spiro atoms. The minimum absolute atomic E-state index is 0.202. The lowest BCUT2D eigenvalue weighted by atomic mass is 10.1. The van der Waals surface area contributed by atoms with E-state index >= 15 is 0 Å². The second kappa shape index (κ2) is 10.8. The average Bonchev–Trinajstić information content (AvgIpc) is 3.62. The zero-order valence-electron chi connectivity index (χ0n) is 22.1. The number of amides is 1. The second-order valence-corrected chi connectivity index (χ2v) is 9.61. The number of hydrogen-bond donors (Lipinski definition) is 1. The fourth-order valence-corrected chi connectivity index (χ4v) is 4.86. The van der Waals surface area contributed by atoms with Crippen molar-refractivity contribution >= 4 is 23.4 Å². The standard InChI is InChI=1S/C27H31N9O3/c1-19-3-4-21(30-26(37)20-5-6-28-25(15-20)34-7-11-38-12-8-34)16-23(19)36-18-22(31-32-36)24-17-29-27(33(24)2)35-9-13-39-14-10-35/h3-6,15-18H,7-14H2,1-2H3,(H,30,37). The van der Waals surface area contributed by atoms with Gasteiger partial charge in [0.1, 0.15) is 11.5 Å². The van der Waals surface area contributed by atoms with Crippen molar-refractivity contribution in [3.8, 4) is 17.1 Å². The Morgan fingerprint density at radius 2 is 1.69 bits per heavy atom. The number of carbonyl (C=O) groups is 1. The highest BCUT2D eigenvalue weighted by atomic mass is 16.5. The van der Waals surface area contributed by atoms with Crippen molar-refractivity contribution < 1.29 is 14.3 Å². The highest BCUT2D eigenvalue weighted by molar-refractivity contribution is 6.04. The summed E-state index contributed by atoms with van der Waals surface area (Å²) in [6.45, 7) is 7.83. The molecule has 2 aliphatic heterocycles. The van der Waals surface area contributed by atoms with Crippen LogP contribution in [0.2, 0.25) is 0 Å². The van der Waals surface area contributed by atoms with Crippen molar-refractivity contribution in [1.82, 2.24) is 29.5 Å². The van der Waals surface area contributed by atoms with E-state index in [4.69, 9.17) is 9.47 Å². The lowest BCUT2D eigenvalue weighted by Crippen LogP contribution is -2.37. The minimum Gasteiger partial charge on any atom is -0.378 e. The number of aromatic nitrogens is 6. The molecule has 4 aromatic rings. The van der Waals surface area contributed by atoms with Crippen molar-refractivity contribution in [3.63, 3.8) is 0 Å². The van der Waals surface area contributed by atoms with E-state index in [1.807, 2.05) is 55.2 Å². The highest BCUT2D eigenvalue weighted by Crippen LogP contribution is 2.25. The number of anilines is 3. The number of ether oxygens (including phenoxy) is 2. The van der Waals surface area contributed by atoms with Crippen LogP contribution in [0, 0.1) is 6.92 Å². The van der Waals surface area contributed by atoms with E-state index in [1.165, 1.54) is 0 Å². The van der Waals surface area contributed by atoms with Gasteiger partial charge in [0.2, 0.25) is 5.95 Å². The van der Waals surface area contributed by atoms with Gasteiger partial charge in [0.15, 0.2) is 0 Å². The Labute approximate surface area is 226 Å². The highest BCUT2D eigenvalue weighted by Gasteiger charge is 2.20. The Balaban J connectivity index is 1.20. The van der Waals surface area contributed by atoms with Gasteiger partial charge < -0.3 is 29.2 Å². The first-order valence-corrected chi connectivity index (χ1v) is 13.0. The first kappa shape index (κ1) is 25.0. The normalized spacial score (nSPS) is 15.9. The molecule has 0 atom stereocenters. The molecule has 1 N–H and O–H groups in total. The Kier molecular flexibility index (Phi) is 6.95. The summed E-state index contributed by atoms with van der Waals surface area (Å²) in [7, 11) is 1.98. The predicted molar refractivity (Wildman–Crippen MR) is 147 cm³/mol. The number of rotatable bonds is 6. The van der Waals surface area contributed by atoms with Crippen LogP contribution >= 0.6 is 0 Å². The van der Waals surface area contributed by atoms with Crippen LogP contribution in [0.1, 0.15) is 15.9 Å². The quantitative estimate of drug-likeness (QED) is 0.402. The van der Waals surface area contributed by atoms with Crippen molar-refractivity contribution in [2.75, 3.05) is 67.7 Å². The van der Waals surface area contributed by atoms with Crippen molar-refractivity contribution in [3.05, 3.63) is 60.0 Å². The van der Waals surface area contributed by atoms with E-state index in [2.05, 4.69) is 35.4 Å². The summed E-state index contributed by atoms with van der Waals surface area (Å²) < 4.78 is 14.6. The maximum absolute atomic E-state index is 13.1. The number of carbonyl (C=O) groups excluding carboxylic acids is 1. The molecule has 0 bridgehead atoms. The Morgan fingerprint density at radius 3 is 2.46 bits per heavy atom. The fourth-order valence-electron chi connectivity index (χ4n) is 4.86. The summed E-state index contributed by atoms with van der Waals surface area (Å²) in [5, 5.41) is 11.8. The van der Waals surface area contributed by atoms with Gasteiger partial charge in [-0.15, -0.1) is 5.10 Å². The summed E-state index contributed by atoms with van der Waals surface area (Å²) in [4.78, 5) is 26.5. The van der Waals surface area contributed by atoms with Crippen LogP contribution in [0.5, 0.6) is 0 Å². The van der Waals surface area contributed by atoms with E-state index in [0.717, 1.165) is 54.9 Å². The molecule has 0 saturated carbocycles. The van der Waals surface area contributed by atoms with Crippen LogP contribution in [0.4, 0.5) is 17.5 Å². The van der Waals surface area contributed by atoms with Gasteiger partial charge in [0, 0.05) is 50.7 Å². The molecule has 0 radical (unpaired) electrons. The molecule has 1 aromatic carbocycles. The zero-order chi connectivity index (χ0) is 26.8. The van der Waals surface area contributed by atoms with Crippen LogP contribution in [0.25, 0.3) is 17.1 Å². The smallest absolute Gasteiger partial charge is 0.255 e. The number of imidazole rings is 1. The average molecular weight is 530 g/mol. The van der Waals surface area contributed by atoms with Crippen LogP contribution < -0.4 is 15.1 Å². The summed E-state index contributed by atoms with van der Waals surface area (Å²) in [5.74, 6) is 1.46. The molecule has 2 aliphatic rings. The minimum atomic E-state index is -0.202. The lowest BCUT2D eigenvalue weighted by molar-refractivity contribution is 0.102. The monoisotopic (exact) mass is 529 g/mol. The second-order valence-electron chi connectivity index (χ2n) is 9.61. The van der Waals surface area contributed by atoms with E-state index in [0.29, 0.717) is 43.4 Å². The maximum Gasteiger partial charge on any atom is 0.255 e. The van der Waals surface area contributed by atoms with E-state index in [-0.39, 0.29) is 5.91 Å². The molecule has 0 aliphatic carbocycles. The number of nitrogens with one attached hydrogen (secondary N) is 1. The van der Waals surface area contributed by atoms with E-state index in [1.54, 1.807) is 16.9 Å². The molecule has 202 valence electrons. The van der Waals surface area contributed by atoms with Crippen molar-refractivity contribution in [1.29, 1.82) is 0 Å². The third-order valence-electron chi connectivity index (χ3n) is 7.07. The summed E-state index contributed by atoms with van der Waals surface area (Å²) >= 11 is 0. The van der Waals surface area contributed by atoms with Gasteiger partial charge in [0.05, 0.1) is 50.2 Å². The zero-order valence-corrected chi connectivity index (χ0v) is 22.1. The van der Waals surface area contributed by atoms with E-state index in [9.17, 15) is 4.79 Å². The molecule has 12 heteroatoms. The van der Waals surface area contributed by atoms with E-state index < -0.39 is 0 Å². The third kappa shape index (κ3) is 5.20. The molecule has 2 fully saturated rings. The Morgan fingerprint density at radius 1 is 0.949 bits per heavy atom. The molecule has 5 heterocycles. The first-order chi connectivity index (χ1) is 19.1. The maximum atomic E-state index is 13.1. The Hall–Kier alpha value is -4.29. The largest absolute Gasteiger partial charge is 0.378 e. The molecule has 12 nitrogen and oxygen atoms in total. The topological polar surface area (TPSA) is 115 Å². The first-order valence-electron chi connectivity index (χ1n) is 13.0. The summed E-state index contributed by atoms with van der Waals surface area (Å²) in [6, 6.07) is 9.28. The van der Waals surface area contributed by atoms with Crippen LogP contribution in [0.3, 0.4) is 0 Å². The molecular weight excluding hydrogens is 498 g/mol. The summed E-state index contributed by atoms with van der Waals surface area (Å²) in [5.41, 5.74) is 4.62. The number of pyridine rings is 1. The molecule has 3 aromatic heterocycles. The molecule has 39 heavy (non-hydrogen) atoms. The Bertz CT molecular complexity index is 1470. The van der Waals surface area contributed by atoms with Crippen LogP contribution in [0.15, 0.2) is 48.9 Å². The summed E-state index contributed by atoms with van der Waals surface area (Å²) in [6.07, 6.45) is 5.37. The molecular formula is C27H31N9O3. The van der Waals surface area contributed by atoms with Gasteiger partial charge in [-0.3, -0.25) is 4.79 Å². The van der Waals surface area contributed by atoms with Gasteiger partial charge in [0.25, 0.3) is 5.91 Å². The van der Waals surface area contributed by atoms with Gasteiger partial charge in [-0.2, -0.15) is 0 Å². The van der Waals surface area contributed by atoms with Gasteiger partial charge in [-0.05, 0) is 36.8 Å². The number of aryl methyl sites for hydroxylation is 1. The third-order valence-corrected chi connectivity index (χ3v) is 7.07. The number of morpholine rings is 2. The van der Waals surface area contributed by atoms with Gasteiger partial charge in [-0.25, -0.2) is 14.6 Å². The lowest BCUT2D eigenvalue weighted by Gasteiger charge is -2.27. The fraction of sp³-hybridized carbons (Fsp3) is 0.370. The number of hydrogen-bond acceptors (Lipinski definition) is 9. The number of nitrogens with zero attached hydrogens (tertiary/aromatic N) is 8. The molecule has 1 amide bonds. The molecule has 6 rings (SSSR count). The van der Waals surface area contributed by atoms with Crippen LogP contribution in [-0.4, -0.2) is 88.0 Å². The van der Waals surface area contributed by atoms with Gasteiger partial charge in [-0.1, -0.05) is 11.3 Å². The van der Waals surface area contributed by atoms with Crippen molar-refractivity contribution in [2.24, 2.45) is 7.05 Å². The number of benzene rings is 1. The van der Waals surface area contributed by atoms with Crippen LogP contribution in [-0.2, 0) is 16.5 Å². The predicted octanol–water partition coefficient (Wildman–Crippen LogP) is 2.30. The van der Waals surface area contributed by atoms with Gasteiger partial charge >= 0.3 is 0 Å². The molecule has 0 unspecified atom stereocenters. The SMILES string of the molecule is Cc1ccc(NC(=O)c2ccnc(N3CCOCC3)c2)cc1-n1cc(-c2cnc(N3CCOCC3)n2C)nn1. The molecule has 2 saturated heterocycles. The van der Waals surface area contributed by atoms with Crippen molar-refractivity contribution in [2.45, 2.75) is 6.92 Å².